The van der Waals surface area contributed by atoms with E-state index in [4.69, 9.17) is 11.6 Å². The Bertz CT molecular complexity index is 388. The Labute approximate surface area is 99.4 Å². The molecule has 1 fully saturated rings. The first-order valence-electron chi connectivity index (χ1n) is 5.30. The van der Waals surface area contributed by atoms with Gasteiger partial charge in [0.2, 0.25) is 0 Å². The van der Waals surface area contributed by atoms with Crippen LogP contribution in [0.4, 0.5) is 10.1 Å². The molecule has 2 unspecified atom stereocenters. The smallest absolute Gasteiger partial charge is 0.126 e. The average Bonchev–Trinajstić information content (AvgIpc) is 2.15. The number of hydrogen-bond donors (Lipinski definition) is 2. The number of rotatable bonds is 2. The van der Waals surface area contributed by atoms with Crippen LogP contribution in [-0.4, -0.2) is 17.3 Å². The Morgan fingerprint density at radius 2 is 2.12 bits per heavy atom. The van der Waals surface area contributed by atoms with Crippen LogP contribution >= 0.6 is 11.6 Å². The quantitative estimate of drug-likeness (QED) is 0.837. The van der Waals surface area contributed by atoms with E-state index in [1.807, 2.05) is 13.8 Å². The Morgan fingerprint density at radius 1 is 1.44 bits per heavy atom. The number of nitrogens with one attached hydrogen (secondary N) is 1. The first-order valence-corrected chi connectivity index (χ1v) is 5.68. The fourth-order valence-corrected chi connectivity index (χ4v) is 2.21. The van der Waals surface area contributed by atoms with Gasteiger partial charge in [-0.05, 0) is 24.6 Å². The molecule has 0 amide bonds. The molecule has 0 aromatic heterocycles. The highest BCUT2D eigenvalue weighted by atomic mass is 35.5. The molecular weight excluding hydrogens is 229 g/mol. The first-order chi connectivity index (χ1) is 7.39. The summed E-state index contributed by atoms with van der Waals surface area (Å²) in [5.74, 6) is -0.354. The van der Waals surface area contributed by atoms with E-state index in [1.54, 1.807) is 6.07 Å². The molecule has 16 heavy (non-hydrogen) atoms. The molecule has 1 saturated carbocycles. The summed E-state index contributed by atoms with van der Waals surface area (Å²) in [6, 6.07) is 4.52. The molecular formula is C12H15ClFNO. The maximum atomic E-state index is 13.1. The molecule has 0 spiro atoms. The summed E-state index contributed by atoms with van der Waals surface area (Å²) in [7, 11) is 0. The monoisotopic (exact) mass is 243 g/mol. The zero-order valence-electron chi connectivity index (χ0n) is 9.30. The SMILES string of the molecule is CC1(C)C(O)CC1Nc1cc(F)cc(Cl)c1. The van der Waals surface area contributed by atoms with Gasteiger partial charge < -0.3 is 10.4 Å². The molecule has 2 nitrogen and oxygen atoms in total. The second kappa shape index (κ2) is 3.90. The van der Waals surface area contributed by atoms with Crippen LogP contribution in [0, 0.1) is 11.2 Å². The fraction of sp³-hybridized carbons (Fsp3) is 0.500. The summed E-state index contributed by atoms with van der Waals surface area (Å²) < 4.78 is 13.1. The van der Waals surface area contributed by atoms with Gasteiger partial charge in [0.15, 0.2) is 0 Å². The fourth-order valence-electron chi connectivity index (χ4n) is 1.99. The molecule has 1 aliphatic rings. The summed E-state index contributed by atoms with van der Waals surface area (Å²) in [4.78, 5) is 0. The second-order valence-electron chi connectivity index (χ2n) is 4.93. The number of benzene rings is 1. The van der Waals surface area contributed by atoms with Gasteiger partial charge in [0.25, 0.3) is 0 Å². The van der Waals surface area contributed by atoms with Crippen LogP contribution in [0.2, 0.25) is 5.02 Å². The van der Waals surface area contributed by atoms with Crippen molar-refractivity contribution in [1.82, 2.24) is 0 Å². The van der Waals surface area contributed by atoms with Crippen LogP contribution in [0.1, 0.15) is 20.3 Å². The highest BCUT2D eigenvalue weighted by molar-refractivity contribution is 6.30. The van der Waals surface area contributed by atoms with Gasteiger partial charge >= 0.3 is 0 Å². The van der Waals surface area contributed by atoms with Crippen molar-refractivity contribution in [1.29, 1.82) is 0 Å². The van der Waals surface area contributed by atoms with Crippen LogP contribution in [0.3, 0.4) is 0 Å². The normalized spacial score (nSPS) is 27.3. The van der Waals surface area contributed by atoms with Crippen LogP contribution in [0.5, 0.6) is 0 Å². The topological polar surface area (TPSA) is 32.3 Å². The molecule has 0 bridgehead atoms. The number of aliphatic hydroxyl groups is 1. The van der Waals surface area contributed by atoms with Crippen molar-refractivity contribution in [3.05, 3.63) is 29.0 Å². The lowest BCUT2D eigenvalue weighted by Crippen LogP contribution is -2.56. The largest absolute Gasteiger partial charge is 0.392 e. The molecule has 0 radical (unpaired) electrons. The van der Waals surface area contributed by atoms with Crippen LogP contribution in [-0.2, 0) is 0 Å². The van der Waals surface area contributed by atoms with E-state index < -0.39 is 0 Å². The van der Waals surface area contributed by atoms with Crippen molar-refractivity contribution < 1.29 is 9.50 Å². The zero-order chi connectivity index (χ0) is 11.9. The molecule has 0 saturated heterocycles. The molecule has 2 rings (SSSR count). The summed E-state index contributed by atoms with van der Waals surface area (Å²) in [5, 5.41) is 13.2. The average molecular weight is 244 g/mol. The van der Waals surface area contributed by atoms with E-state index in [2.05, 4.69) is 5.32 Å². The van der Waals surface area contributed by atoms with Gasteiger partial charge in [-0.3, -0.25) is 0 Å². The standard InChI is InChI=1S/C12H15ClFNO/c1-12(2)10(6-11(12)16)15-9-4-7(13)3-8(14)5-9/h3-5,10-11,15-16H,6H2,1-2H3. The Balaban J connectivity index is 2.11. The molecule has 0 aliphatic heterocycles. The third-order valence-corrected chi connectivity index (χ3v) is 3.64. The van der Waals surface area contributed by atoms with E-state index in [-0.39, 0.29) is 23.4 Å². The Morgan fingerprint density at radius 3 is 2.62 bits per heavy atom. The van der Waals surface area contributed by atoms with Crippen molar-refractivity contribution in [3.63, 3.8) is 0 Å². The van der Waals surface area contributed by atoms with E-state index in [1.165, 1.54) is 12.1 Å². The van der Waals surface area contributed by atoms with Crippen molar-refractivity contribution in [3.8, 4) is 0 Å². The molecule has 2 N–H and O–H groups in total. The minimum absolute atomic E-state index is 0.153. The first kappa shape index (κ1) is 11.7. The molecule has 88 valence electrons. The van der Waals surface area contributed by atoms with Crippen molar-refractivity contribution in [2.45, 2.75) is 32.4 Å². The summed E-state index contributed by atoms with van der Waals surface area (Å²) >= 11 is 5.77. The third-order valence-electron chi connectivity index (χ3n) is 3.42. The number of aliphatic hydroxyl groups excluding tert-OH is 1. The highest BCUT2D eigenvalue weighted by Gasteiger charge is 2.47. The van der Waals surface area contributed by atoms with E-state index in [0.717, 1.165) is 0 Å². The zero-order valence-corrected chi connectivity index (χ0v) is 10.1. The van der Waals surface area contributed by atoms with E-state index >= 15 is 0 Å². The Kier molecular flexibility index (Phi) is 2.84. The minimum atomic E-state index is -0.354. The maximum absolute atomic E-state index is 13.1. The van der Waals surface area contributed by atoms with Gasteiger partial charge in [0, 0.05) is 22.2 Å². The predicted octanol–water partition coefficient (Wildman–Crippen LogP) is 3.05. The minimum Gasteiger partial charge on any atom is -0.392 e. The molecule has 1 aliphatic carbocycles. The molecule has 1 aromatic carbocycles. The van der Waals surface area contributed by atoms with Gasteiger partial charge in [-0.2, -0.15) is 0 Å². The van der Waals surface area contributed by atoms with Crippen LogP contribution in [0.25, 0.3) is 0 Å². The summed E-state index contributed by atoms with van der Waals surface area (Å²) in [5.41, 5.74) is 0.480. The van der Waals surface area contributed by atoms with Gasteiger partial charge in [0.1, 0.15) is 5.82 Å². The van der Waals surface area contributed by atoms with Gasteiger partial charge in [0.05, 0.1) is 6.10 Å². The van der Waals surface area contributed by atoms with Gasteiger partial charge in [-0.15, -0.1) is 0 Å². The van der Waals surface area contributed by atoms with Gasteiger partial charge in [-0.25, -0.2) is 4.39 Å². The lowest BCUT2D eigenvalue weighted by atomic mass is 9.64. The highest BCUT2D eigenvalue weighted by Crippen LogP contribution is 2.42. The van der Waals surface area contributed by atoms with Crippen molar-refractivity contribution in [2.24, 2.45) is 5.41 Å². The summed E-state index contributed by atoms with van der Waals surface area (Å²) in [6.07, 6.45) is 0.384. The molecule has 0 heterocycles. The lowest BCUT2D eigenvalue weighted by molar-refractivity contribution is -0.0510. The molecule has 2 atom stereocenters. The van der Waals surface area contributed by atoms with Crippen molar-refractivity contribution in [2.75, 3.05) is 5.32 Å². The van der Waals surface area contributed by atoms with Crippen molar-refractivity contribution >= 4 is 17.3 Å². The van der Waals surface area contributed by atoms with Crippen LogP contribution in [0.15, 0.2) is 18.2 Å². The van der Waals surface area contributed by atoms with E-state index in [0.29, 0.717) is 17.1 Å². The predicted molar refractivity (Wildman–Crippen MR) is 63.2 cm³/mol. The Hall–Kier alpha value is -0.800. The van der Waals surface area contributed by atoms with E-state index in [9.17, 15) is 9.50 Å². The third kappa shape index (κ3) is 2.02. The lowest BCUT2D eigenvalue weighted by Gasteiger charge is -2.49. The second-order valence-corrected chi connectivity index (χ2v) is 5.36. The molecule has 1 aromatic rings. The maximum Gasteiger partial charge on any atom is 0.126 e. The number of anilines is 1. The van der Waals surface area contributed by atoms with Gasteiger partial charge in [-0.1, -0.05) is 25.4 Å². The number of halogens is 2. The molecule has 4 heteroatoms. The number of hydrogen-bond acceptors (Lipinski definition) is 2. The van der Waals surface area contributed by atoms with Crippen LogP contribution < -0.4 is 5.32 Å². The summed E-state index contributed by atoms with van der Waals surface area (Å²) in [6.45, 7) is 3.97.